The molecule has 0 fully saturated rings. The zero-order valence-corrected chi connectivity index (χ0v) is 14.7. The molecule has 1 unspecified atom stereocenters. The van der Waals surface area contributed by atoms with Gasteiger partial charge in [0, 0.05) is 19.7 Å². The fourth-order valence-electron chi connectivity index (χ4n) is 2.28. The van der Waals surface area contributed by atoms with Crippen molar-refractivity contribution in [3.8, 4) is 17.2 Å². The van der Waals surface area contributed by atoms with E-state index in [4.69, 9.17) is 18.9 Å². The molecule has 0 heterocycles. The van der Waals surface area contributed by atoms with Crippen molar-refractivity contribution in [2.75, 3.05) is 34.5 Å². The van der Waals surface area contributed by atoms with Crippen molar-refractivity contribution in [1.82, 2.24) is 5.32 Å². The van der Waals surface area contributed by atoms with Gasteiger partial charge in [-0.2, -0.15) is 0 Å². The van der Waals surface area contributed by atoms with Crippen molar-refractivity contribution in [3.63, 3.8) is 0 Å². The molecule has 0 aromatic heterocycles. The van der Waals surface area contributed by atoms with Gasteiger partial charge in [-0.3, -0.25) is 4.79 Å². The van der Waals surface area contributed by atoms with Crippen LogP contribution in [0.1, 0.15) is 11.7 Å². The Morgan fingerprint density at radius 1 is 0.960 bits per heavy atom. The molecule has 0 bridgehead atoms. The van der Waals surface area contributed by atoms with Crippen molar-refractivity contribution in [2.24, 2.45) is 0 Å². The van der Waals surface area contributed by atoms with E-state index in [-0.39, 0.29) is 18.6 Å². The van der Waals surface area contributed by atoms with Crippen molar-refractivity contribution in [2.45, 2.75) is 6.10 Å². The molecule has 1 atom stereocenters. The molecule has 1 N–H and O–H groups in total. The standard InChI is InChI=1S/C19H23NO5/c1-22-15-7-4-6-14(10-15)18(24-3)12-20-19(21)13-25-17-9-5-8-16(11-17)23-2/h4-11,18H,12-13H2,1-3H3,(H,20,21). The van der Waals surface area contributed by atoms with Crippen LogP contribution in [0.4, 0.5) is 0 Å². The van der Waals surface area contributed by atoms with Gasteiger partial charge in [0.1, 0.15) is 17.2 Å². The predicted octanol–water partition coefficient (Wildman–Crippen LogP) is 2.59. The molecular weight excluding hydrogens is 322 g/mol. The quantitative estimate of drug-likeness (QED) is 0.757. The molecule has 134 valence electrons. The number of carbonyl (C=O) groups excluding carboxylic acids is 1. The fourth-order valence-corrected chi connectivity index (χ4v) is 2.28. The van der Waals surface area contributed by atoms with Crippen LogP contribution in [0.2, 0.25) is 0 Å². The highest BCUT2D eigenvalue weighted by Gasteiger charge is 2.13. The smallest absolute Gasteiger partial charge is 0.258 e. The number of hydrogen-bond acceptors (Lipinski definition) is 5. The number of amides is 1. The zero-order chi connectivity index (χ0) is 18.1. The van der Waals surface area contributed by atoms with Gasteiger partial charge in [0.2, 0.25) is 0 Å². The predicted molar refractivity (Wildman–Crippen MR) is 94.2 cm³/mol. The van der Waals surface area contributed by atoms with Gasteiger partial charge in [0.15, 0.2) is 6.61 Å². The normalized spacial score (nSPS) is 11.5. The Morgan fingerprint density at radius 2 is 1.60 bits per heavy atom. The van der Waals surface area contributed by atoms with Crippen LogP contribution in [0, 0.1) is 0 Å². The van der Waals surface area contributed by atoms with E-state index in [9.17, 15) is 4.79 Å². The third kappa shape index (κ3) is 5.69. The molecule has 0 aliphatic heterocycles. The Kier molecular flexibility index (Phi) is 7.10. The molecule has 25 heavy (non-hydrogen) atoms. The summed E-state index contributed by atoms with van der Waals surface area (Å²) in [7, 11) is 4.79. The lowest BCUT2D eigenvalue weighted by atomic mass is 10.1. The molecule has 6 nitrogen and oxygen atoms in total. The number of methoxy groups -OCH3 is 3. The van der Waals surface area contributed by atoms with Crippen LogP contribution in [0.25, 0.3) is 0 Å². The van der Waals surface area contributed by atoms with Gasteiger partial charge in [0.05, 0.1) is 20.3 Å². The molecule has 0 aliphatic rings. The van der Waals surface area contributed by atoms with E-state index < -0.39 is 0 Å². The summed E-state index contributed by atoms with van der Waals surface area (Å²) in [4.78, 5) is 12.0. The molecule has 1 amide bonds. The van der Waals surface area contributed by atoms with Gasteiger partial charge in [-0.1, -0.05) is 18.2 Å². The molecule has 0 saturated carbocycles. The van der Waals surface area contributed by atoms with Crippen LogP contribution in [0.15, 0.2) is 48.5 Å². The van der Waals surface area contributed by atoms with Crippen LogP contribution in [-0.2, 0) is 9.53 Å². The first-order chi connectivity index (χ1) is 12.2. The lowest BCUT2D eigenvalue weighted by Gasteiger charge is -2.17. The molecule has 2 rings (SSSR count). The largest absolute Gasteiger partial charge is 0.497 e. The molecule has 0 aliphatic carbocycles. The van der Waals surface area contributed by atoms with Crippen molar-refractivity contribution in [3.05, 3.63) is 54.1 Å². The summed E-state index contributed by atoms with van der Waals surface area (Å²) in [5.74, 6) is 1.76. The van der Waals surface area contributed by atoms with Gasteiger partial charge in [-0.05, 0) is 29.8 Å². The van der Waals surface area contributed by atoms with Crippen LogP contribution >= 0.6 is 0 Å². The van der Waals surface area contributed by atoms with E-state index in [1.54, 1.807) is 39.5 Å². The summed E-state index contributed by atoms with van der Waals surface area (Å²) < 4.78 is 21.2. The summed E-state index contributed by atoms with van der Waals surface area (Å²) in [6.07, 6.45) is -0.268. The highest BCUT2D eigenvalue weighted by molar-refractivity contribution is 5.77. The Morgan fingerprint density at radius 3 is 2.28 bits per heavy atom. The number of carbonyl (C=O) groups is 1. The maximum absolute atomic E-state index is 12.0. The number of ether oxygens (including phenoxy) is 4. The van der Waals surface area contributed by atoms with E-state index in [0.29, 0.717) is 18.0 Å². The van der Waals surface area contributed by atoms with E-state index in [1.165, 1.54) is 0 Å². The van der Waals surface area contributed by atoms with E-state index in [1.807, 2.05) is 30.3 Å². The Balaban J connectivity index is 1.84. The molecular formula is C19H23NO5. The lowest BCUT2D eigenvalue weighted by molar-refractivity contribution is -0.123. The number of nitrogens with one attached hydrogen (secondary N) is 1. The third-order valence-corrected chi connectivity index (χ3v) is 3.65. The maximum atomic E-state index is 12.0. The number of hydrogen-bond donors (Lipinski definition) is 1. The molecule has 2 aromatic rings. The summed E-state index contributed by atoms with van der Waals surface area (Å²) in [6.45, 7) is 0.256. The minimum atomic E-state index is -0.268. The molecule has 0 saturated heterocycles. The van der Waals surface area contributed by atoms with E-state index in [2.05, 4.69) is 5.32 Å². The highest BCUT2D eigenvalue weighted by Crippen LogP contribution is 2.21. The summed E-state index contributed by atoms with van der Waals surface area (Å²) in [6, 6.07) is 14.7. The van der Waals surface area contributed by atoms with E-state index in [0.717, 1.165) is 11.3 Å². The van der Waals surface area contributed by atoms with E-state index >= 15 is 0 Å². The molecule has 6 heteroatoms. The van der Waals surface area contributed by atoms with Crippen LogP contribution in [0.5, 0.6) is 17.2 Å². The second kappa shape index (κ2) is 9.54. The van der Waals surface area contributed by atoms with Gasteiger partial charge in [-0.25, -0.2) is 0 Å². The first-order valence-corrected chi connectivity index (χ1v) is 7.86. The third-order valence-electron chi connectivity index (χ3n) is 3.65. The average Bonchev–Trinajstić information content (AvgIpc) is 2.67. The number of rotatable bonds is 9. The van der Waals surface area contributed by atoms with Crippen molar-refractivity contribution in [1.29, 1.82) is 0 Å². The minimum absolute atomic E-state index is 0.0816. The Hall–Kier alpha value is -2.73. The number of benzene rings is 2. The van der Waals surface area contributed by atoms with Gasteiger partial charge in [0.25, 0.3) is 5.91 Å². The summed E-state index contributed by atoms with van der Waals surface area (Å²) in [5.41, 5.74) is 0.927. The van der Waals surface area contributed by atoms with Crippen LogP contribution in [-0.4, -0.2) is 40.4 Å². The van der Waals surface area contributed by atoms with Gasteiger partial charge < -0.3 is 24.3 Å². The first-order valence-electron chi connectivity index (χ1n) is 7.86. The van der Waals surface area contributed by atoms with Crippen LogP contribution in [0.3, 0.4) is 0 Å². The monoisotopic (exact) mass is 345 g/mol. The van der Waals surface area contributed by atoms with Gasteiger partial charge >= 0.3 is 0 Å². The average molecular weight is 345 g/mol. The topological polar surface area (TPSA) is 66.0 Å². The minimum Gasteiger partial charge on any atom is -0.497 e. The molecule has 0 radical (unpaired) electrons. The maximum Gasteiger partial charge on any atom is 0.258 e. The zero-order valence-electron chi connectivity index (χ0n) is 14.7. The Bertz CT molecular complexity index is 689. The second-order valence-electron chi connectivity index (χ2n) is 5.27. The fraction of sp³-hybridized carbons (Fsp3) is 0.316. The van der Waals surface area contributed by atoms with Crippen molar-refractivity contribution < 1.29 is 23.7 Å². The first kappa shape index (κ1) is 18.6. The summed E-state index contributed by atoms with van der Waals surface area (Å²) >= 11 is 0. The van der Waals surface area contributed by atoms with Gasteiger partial charge in [-0.15, -0.1) is 0 Å². The molecule has 2 aromatic carbocycles. The van der Waals surface area contributed by atoms with Crippen molar-refractivity contribution >= 4 is 5.91 Å². The lowest BCUT2D eigenvalue weighted by Crippen LogP contribution is -2.33. The second-order valence-corrected chi connectivity index (χ2v) is 5.27. The summed E-state index contributed by atoms with van der Waals surface area (Å²) in [5, 5.41) is 2.81. The Labute approximate surface area is 147 Å². The highest BCUT2D eigenvalue weighted by atomic mass is 16.5. The van der Waals surface area contributed by atoms with Crippen LogP contribution < -0.4 is 19.5 Å². The SMILES string of the molecule is COc1cccc(OCC(=O)NCC(OC)c2cccc(OC)c2)c1. The molecule has 0 spiro atoms.